The van der Waals surface area contributed by atoms with Gasteiger partial charge in [0.25, 0.3) is 0 Å². The summed E-state index contributed by atoms with van der Waals surface area (Å²) < 4.78 is 0. The molecule has 0 spiro atoms. The van der Waals surface area contributed by atoms with Crippen LogP contribution in [0.4, 0.5) is 17.1 Å². The fourth-order valence-electron chi connectivity index (χ4n) is 1.51. The zero-order chi connectivity index (χ0) is 12.3. The van der Waals surface area contributed by atoms with Gasteiger partial charge < -0.3 is 5.73 Å². The number of halogens is 1. The van der Waals surface area contributed by atoms with E-state index in [1.807, 2.05) is 0 Å². The normalized spacial score (nSPS) is 9.94. The lowest BCUT2D eigenvalue weighted by atomic mass is 10.2. The highest BCUT2D eigenvalue weighted by Crippen LogP contribution is 2.25. The van der Waals surface area contributed by atoms with E-state index < -0.39 is 0 Å². The van der Waals surface area contributed by atoms with Crippen LogP contribution in [0.15, 0.2) is 48.5 Å². The Kier molecular flexibility index (Phi) is 3.30. The van der Waals surface area contributed by atoms with Crippen LogP contribution in [0.3, 0.4) is 0 Å². The Morgan fingerprint density at radius 1 is 0.941 bits per heavy atom. The van der Waals surface area contributed by atoms with E-state index >= 15 is 0 Å². The summed E-state index contributed by atoms with van der Waals surface area (Å²) in [6.07, 6.45) is 0.759. The first-order chi connectivity index (χ1) is 8.20. The summed E-state index contributed by atoms with van der Waals surface area (Å²) in [5.41, 5.74) is 7.78. The first-order valence-electron chi connectivity index (χ1n) is 5.06. The van der Waals surface area contributed by atoms with Crippen molar-refractivity contribution in [2.24, 2.45) is 0 Å². The molecule has 0 unspecified atom stereocenters. The van der Waals surface area contributed by atoms with Crippen LogP contribution in [-0.2, 0) is 4.79 Å². The fourth-order valence-corrected chi connectivity index (χ4v) is 1.63. The molecule has 1 amide bonds. The van der Waals surface area contributed by atoms with Gasteiger partial charge in [0.15, 0.2) is 0 Å². The van der Waals surface area contributed by atoms with Gasteiger partial charge in [0.1, 0.15) is 0 Å². The SMILES string of the molecule is Nc1ccc(N(C=O)c2ccc(Cl)cc2)cc1. The van der Waals surface area contributed by atoms with E-state index in [-0.39, 0.29) is 0 Å². The number of rotatable bonds is 3. The van der Waals surface area contributed by atoms with Gasteiger partial charge in [0, 0.05) is 22.1 Å². The van der Waals surface area contributed by atoms with Crippen LogP contribution in [0.1, 0.15) is 0 Å². The van der Waals surface area contributed by atoms with Crippen molar-refractivity contribution in [1.29, 1.82) is 0 Å². The predicted octanol–water partition coefficient (Wildman–Crippen LogP) is 3.22. The highest BCUT2D eigenvalue weighted by molar-refractivity contribution is 6.30. The van der Waals surface area contributed by atoms with Gasteiger partial charge in [-0.2, -0.15) is 0 Å². The van der Waals surface area contributed by atoms with E-state index in [4.69, 9.17) is 17.3 Å². The van der Waals surface area contributed by atoms with Crippen LogP contribution in [0, 0.1) is 0 Å². The quantitative estimate of drug-likeness (QED) is 0.668. The smallest absolute Gasteiger partial charge is 0.218 e. The van der Waals surface area contributed by atoms with Gasteiger partial charge in [-0.25, -0.2) is 0 Å². The third-order valence-electron chi connectivity index (χ3n) is 2.38. The van der Waals surface area contributed by atoms with Crippen LogP contribution in [-0.4, -0.2) is 6.41 Å². The molecule has 0 heterocycles. The molecule has 0 aromatic heterocycles. The second-order valence-corrected chi connectivity index (χ2v) is 3.98. The maximum absolute atomic E-state index is 11.1. The van der Waals surface area contributed by atoms with E-state index in [9.17, 15) is 4.79 Å². The van der Waals surface area contributed by atoms with Gasteiger partial charge >= 0.3 is 0 Å². The second-order valence-electron chi connectivity index (χ2n) is 3.54. The molecular formula is C13H11ClN2O. The van der Waals surface area contributed by atoms with Crippen LogP contribution in [0.5, 0.6) is 0 Å². The Hall–Kier alpha value is -2.00. The number of hydrogen-bond donors (Lipinski definition) is 1. The lowest BCUT2D eigenvalue weighted by Crippen LogP contribution is -2.13. The molecule has 4 heteroatoms. The predicted molar refractivity (Wildman–Crippen MR) is 70.5 cm³/mol. The van der Waals surface area contributed by atoms with E-state index in [2.05, 4.69) is 0 Å². The van der Waals surface area contributed by atoms with Gasteiger partial charge in [-0.05, 0) is 48.5 Å². The Balaban J connectivity index is 2.36. The van der Waals surface area contributed by atoms with Crippen LogP contribution < -0.4 is 10.6 Å². The molecule has 2 aromatic carbocycles. The van der Waals surface area contributed by atoms with Crippen molar-refractivity contribution in [3.63, 3.8) is 0 Å². The number of carbonyl (C=O) groups excluding carboxylic acids is 1. The highest BCUT2D eigenvalue weighted by Gasteiger charge is 2.07. The first kappa shape index (κ1) is 11.5. The standard InChI is InChI=1S/C13H11ClN2O/c14-10-1-5-12(6-2-10)16(9-17)13-7-3-11(15)4-8-13/h1-9H,15H2. The number of nitrogens with two attached hydrogens (primary N) is 1. The summed E-state index contributed by atoms with van der Waals surface area (Å²) in [7, 11) is 0. The minimum Gasteiger partial charge on any atom is -0.399 e. The van der Waals surface area contributed by atoms with Crippen LogP contribution in [0.2, 0.25) is 5.02 Å². The maximum atomic E-state index is 11.1. The molecule has 3 nitrogen and oxygen atoms in total. The number of carbonyl (C=O) groups is 1. The number of amides is 1. The van der Waals surface area contributed by atoms with Gasteiger partial charge in [-0.15, -0.1) is 0 Å². The molecule has 0 aliphatic carbocycles. The average molecular weight is 247 g/mol. The molecule has 0 saturated carbocycles. The number of anilines is 3. The molecule has 0 atom stereocenters. The zero-order valence-corrected chi connectivity index (χ0v) is 9.76. The van der Waals surface area contributed by atoms with Crippen molar-refractivity contribution >= 4 is 35.1 Å². The fraction of sp³-hybridized carbons (Fsp3) is 0. The third kappa shape index (κ3) is 2.57. The van der Waals surface area contributed by atoms with Crippen molar-refractivity contribution in [2.75, 3.05) is 10.6 Å². The van der Waals surface area contributed by atoms with Crippen LogP contribution >= 0.6 is 11.6 Å². The molecule has 0 saturated heterocycles. The van der Waals surface area contributed by atoms with Gasteiger partial charge in [0.2, 0.25) is 6.41 Å². The maximum Gasteiger partial charge on any atom is 0.218 e. The van der Waals surface area contributed by atoms with E-state index in [0.29, 0.717) is 10.7 Å². The minimum absolute atomic E-state index is 0.636. The number of nitrogens with zero attached hydrogens (tertiary/aromatic N) is 1. The molecule has 0 aliphatic rings. The molecule has 86 valence electrons. The first-order valence-corrected chi connectivity index (χ1v) is 5.44. The van der Waals surface area contributed by atoms with E-state index in [1.54, 1.807) is 48.5 Å². The summed E-state index contributed by atoms with van der Waals surface area (Å²) in [6, 6.07) is 14.1. The third-order valence-corrected chi connectivity index (χ3v) is 2.63. The monoisotopic (exact) mass is 246 g/mol. The number of hydrogen-bond acceptors (Lipinski definition) is 2. The summed E-state index contributed by atoms with van der Waals surface area (Å²) in [6.45, 7) is 0. The topological polar surface area (TPSA) is 46.3 Å². The van der Waals surface area contributed by atoms with Gasteiger partial charge in [-0.3, -0.25) is 9.69 Å². The second kappa shape index (κ2) is 4.89. The molecule has 2 N–H and O–H groups in total. The number of benzene rings is 2. The molecular weight excluding hydrogens is 236 g/mol. The Labute approximate surface area is 104 Å². The van der Waals surface area contributed by atoms with Crippen molar-refractivity contribution in [1.82, 2.24) is 0 Å². The summed E-state index contributed by atoms with van der Waals surface area (Å²) >= 11 is 5.80. The molecule has 0 aliphatic heterocycles. The average Bonchev–Trinajstić information content (AvgIpc) is 2.35. The summed E-state index contributed by atoms with van der Waals surface area (Å²) in [5, 5.41) is 0.636. The van der Waals surface area contributed by atoms with Crippen molar-refractivity contribution in [2.45, 2.75) is 0 Å². The van der Waals surface area contributed by atoms with Crippen LogP contribution in [0.25, 0.3) is 0 Å². The van der Waals surface area contributed by atoms with Crippen molar-refractivity contribution in [3.05, 3.63) is 53.6 Å². The summed E-state index contributed by atoms with van der Waals surface area (Å²) in [5.74, 6) is 0. The largest absolute Gasteiger partial charge is 0.399 e. The van der Waals surface area contributed by atoms with Crippen molar-refractivity contribution < 1.29 is 4.79 Å². The Morgan fingerprint density at radius 2 is 1.41 bits per heavy atom. The Bertz CT molecular complexity index is 462. The van der Waals surface area contributed by atoms with Gasteiger partial charge in [-0.1, -0.05) is 11.6 Å². The lowest BCUT2D eigenvalue weighted by Gasteiger charge is -2.17. The van der Waals surface area contributed by atoms with Crippen molar-refractivity contribution in [3.8, 4) is 0 Å². The number of nitrogen functional groups attached to an aromatic ring is 1. The Morgan fingerprint density at radius 3 is 1.88 bits per heavy atom. The molecule has 2 rings (SSSR count). The summed E-state index contributed by atoms with van der Waals surface area (Å²) in [4.78, 5) is 12.7. The van der Waals surface area contributed by atoms with Gasteiger partial charge in [0.05, 0.1) is 0 Å². The molecule has 0 bridgehead atoms. The zero-order valence-electron chi connectivity index (χ0n) is 9.01. The highest BCUT2D eigenvalue weighted by atomic mass is 35.5. The molecule has 0 fully saturated rings. The molecule has 2 aromatic rings. The minimum atomic E-state index is 0.636. The lowest BCUT2D eigenvalue weighted by molar-refractivity contribution is -0.106. The molecule has 17 heavy (non-hydrogen) atoms. The van der Waals surface area contributed by atoms with E-state index in [1.165, 1.54) is 4.90 Å². The molecule has 0 radical (unpaired) electrons. The van der Waals surface area contributed by atoms with E-state index in [0.717, 1.165) is 17.8 Å².